The maximum atomic E-state index is 12.9. The van der Waals surface area contributed by atoms with Crippen LogP contribution in [-0.2, 0) is 14.8 Å². The summed E-state index contributed by atoms with van der Waals surface area (Å²) in [7, 11) is -2.08. The van der Waals surface area contributed by atoms with Crippen LogP contribution >= 0.6 is 0 Å². The maximum absolute atomic E-state index is 12.9. The van der Waals surface area contributed by atoms with Crippen molar-refractivity contribution in [3.8, 4) is 0 Å². The number of carbonyl (C=O) groups is 1. The number of aromatic nitrogens is 3. The molecule has 1 saturated heterocycles. The van der Waals surface area contributed by atoms with Crippen molar-refractivity contribution in [3.63, 3.8) is 0 Å². The van der Waals surface area contributed by atoms with Crippen LogP contribution < -0.4 is 5.32 Å². The van der Waals surface area contributed by atoms with Gasteiger partial charge in [-0.05, 0) is 43.5 Å². The lowest BCUT2D eigenvalue weighted by atomic mass is 10.0. The molecule has 4 rings (SSSR count). The highest BCUT2D eigenvalue weighted by Gasteiger charge is 2.26. The average Bonchev–Trinajstić information content (AvgIpc) is 3.28. The number of nitrogens with zero attached hydrogens (tertiary/aromatic N) is 4. The minimum absolute atomic E-state index is 0.0581. The quantitative estimate of drug-likeness (QED) is 0.702. The summed E-state index contributed by atoms with van der Waals surface area (Å²) in [6.07, 6.45) is 13.3. The van der Waals surface area contributed by atoms with E-state index in [-0.39, 0.29) is 22.9 Å². The fraction of sp³-hybridized carbons (Fsp3) is 0.409. The largest absolute Gasteiger partial charge is 0.377 e. The number of piperidine rings is 1. The average molecular weight is 458 g/mol. The molecule has 1 aromatic heterocycles. The van der Waals surface area contributed by atoms with Crippen molar-refractivity contribution in [2.45, 2.75) is 42.3 Å². The maximum Gasteiger partial charge on any atom is 0.284 e. The van der Waals surface area contributed by atoms with Crippen LogP contribution in [0.2, 0.25) is 0 Å². The monoisotopic (exact) mass is 457 g/mol. The molecule has 32 heavy (non-hydrogen) atoms. The second-order valence-corrected chi connectivity index (χ2v) is 9.71. The molecular weight excluding hydrogens is 430 g/mol. The molecule has 0 bridgehead atoms. The number of hydrogen-bond donors (Lipinski definition) is 1. The zero-order valence-corrected chi connectivity index (χ0v) is 18.7. The first-order valence-corrected chi connectivity index (χ1v) is 12.0. The van der Waals surface area contributed by atoms with E-state index >= 15 is 0 Å². The summed E-state index contributed by atoms with van der Waals surface area (Å²) in [5.74, 6) is -0.0915. The summed E-state index contributed by atoms with van der Waals surface area (Å²) in [6.45, 7) is 1.30. The van der Waals surface area contributed by atoms with Gasteiger partial charge in [-0.25, -0.2) is 4.98 Å². The molecule has 1 fully saturated rings. The Balaban J connectivity index is 1.32. The number of benzene rings is 1. The number of methoxy groups -OCH3 is 1. The first-order chi connectivity index (χ1) is 15.5. The van der Waals surface area contributed by atoms with Gasteiger partial charge in [0.05, 0.1) is 11.0 Å². The highest BCUT2D eigenvalue weighted by Crippen LogP contribution is 2.19. The van der Waals surface area contributed by atoms with Gasteiger partial charge in [-0.1, -0.05) is 24.3 Å². The molecule has 0 radical (unpaired) electrons. The lowest BCUT2D eigenvalue weighted by Gasteiger charge is -2.34. The van der Waals surface area contributed by atoms with E-state index in [0.717, 1.165) is 36.0 Å². The van der Waals surface area contributed by atoms with Gasteiger partial charge in [0, 0.05) is 37.8 Å². The SMILES string of the molecule is COC1C=CC=CC(NC2CCN(C(=O)c3ccc(S(=O)(=O)n4cncn4)cc3)CC2)C1. The van der Waals surface area contributed by atoms with Crippen LogP contribution in [0.3, 0.4) is 0 Å². The predicted molar refractivity (Wildman–Crippen MR) is 119 cm³/mol. The number of nitrogens with one attached hydrogen (secondary N) is 1. The summed E-state index contributed by atoms with van der Waals surface area (Å²) >= 11 is 0. The molecule has 0 saturated carbocycles. The molecule has 170 valence electrons. The molecule has 1 amide bonds. The smallest absolute Gasteiger partial charge is 0.284 e. The van der Waals surface area contributed by atoms with Crippen LogP contribution in [-0.4, -0.2) is 71.8 Å². The highest BCUT2D eigenvalue weighted by atomic mass is 32.2. The number of likely N-dealkylation sites (tertiary alicyclic amines) is 1. The third-order valence-electron chi connectivity index (χ3n) is 5.84. The van der Waals surface area contributed by atoms with E-state index in [1.54, 1.807) is 19.2 Å². The fourth-order valence-electron chi connectivity index (χ4n) is 4.03. The summed E-state index contributed by atoms with van der Waals surface area (Å²) in [5, 5.41) is 7.35. The summed E-state index contributed by atoms with van der Waals surface area (Å²) in [4.78, 5) is 18.5. The topological polar surface area (TPSA) is 106 Å². The lowest BCUT2D eigenvalue weighted by Crippen LogP contribution is -2.48. The van der Waals surface area contributed by atoms with Crippen LogP contribution in [0.15, 0.2) is 66.1 Å². The van der Waals surface area contributed by atoms with E-state index in [4.69, 9.17) is 4.74 Å². The molecule has 1 N–H and O–H groups in total. The van der Waals surface area contributed by atoms with Gasteiger partial charge in [-0.15, -0.1) is 9.19 Å². The lowest BCUT2D eigenvalue weighted by molar-refractivity contribution is 0.0699. The van der Waals surface area contributed by atoms with Gasteiger partial charge >= 0.3 is 0 Å². The van der Waals surface area contributed by atoms with Crippen molar-refractivity contribution in [3.05, 3.63) is 66.8 Å². The Morgan fingerprint density at radius 1 is 1.12 bits per heavy atom. The Hall–Kier alpha value is -2.82. The first-order valence-electron chi connectivity index (χ1n) is 10.6. The highest BCUT2D eigenvalue weighted by molar-refractivity contribution is 7.89. The fourth-order valence-corrected chi connectivity index (χ4v) is 5.07. The van der Waals surface area contributed by atoms with E-state index < -0.39 is 10.0 Å². The number of allylic oxidation sites excluding steroid dienone is 2. The Morgan fingerprint density at radius 3 is 2.50 bits per heavy atom. The van der Waals surface area contributed by atoms with Crippen molar-refractivity contribution < 1.29 is 17.9 Å². The van der Waals surface area contributed by atoms with Crippen molar-refractivity contribution >= 4 is 15.9 Å². The Labute approximate surface area is 187 Å². The normalized spacial score (nSPS) is 22.1. The molecule has 1 aliphatic carbocycles. The second-order valence-electron chi connectivity index (χ2n) is 7.92. The van der Waals surface area contributed by atoms with E-state index in [1.165, 1.54) is 12.1 Å². The minimum Gasteiger partial charge on any atom is -0.377 e. The molecule has 2 heterocycles. The van der Waals surface area contributed by atoms with Crippen molar-refractivity contribution in [1.29, 1.82) is 0 Å². The summed E-state index contributed by atoms with van der Waals surface area (Å²) < 4.78 is 31.2. The third kappa shape index (κ3) is 4.98. The van der Waals surface area contributed by atoms with E-state index in [0.29, 0.717) is 24.7 Å². The first kappa shape index (κ1) is 22.4. The van der Waals surface area contributed by atoms with Gasteiger partial charge in [-0.2, -0.15) is 8.42 Å². The van der Waals surface area contributed by atoms with Gasteiger partial charge in [0.15, 0.2) is 0 Å². The van der Waals surface area contributed by atoms with Gasteiger partial charge in [0.1, 0.15) is 12.7 Å². The van der Waals surface area contributed by atoms with Crippen LogP contribution in [0.1, 0.15) is 29.6 Å². The van der Waals surface area contributed by atoms with E-state index in [9.17, 15) is 13.2 Å². The molecule has 2 aromatic rings. The number of ether oxygens (including phenoxy) is 1. The molecule has 1 aliphatic heterocycles. The van der Waals surface area contributed by atoms with Crippen LogP contribution in [0.4, 0.5) is 0 Å². The van der Waals surface area contributed by atoms with Gasteiger partial charge in [0.2, 0.25) is 0 Å². The second kappa shape index (κ2) is 9.76. The van der Waals surface area contributed by atoms with Gasteiger partial charge < -0.3 is 15.0 Å². The molecule has 1 aromatic carbocycles. The van der Waals surface area contributed by atoms with E-state index in [2.05, 4.69) is 27.6 Å². The Kier molecular flexibility index (Phi) is 6.83. The van der Waals surface area contributed by atoms with Gasteiger partial charge in [0.25, 0.3) is 15.9 Å². The molecule has 2 atom stereocenters. The molecule has 2 unspecified atom stereocenters. The third-order valence-corrected chi connectivity index (χ3v) is 7.39. The number of rotatable bonds is 6. The van der Waals surface area contributed by atoms with Crippen molar-refractivity contribution in [2.75, 3.05) is 20.2 Å². The number of amides is 1. The molecule has 10 heteroatoms. The van der Waals surface area contributed by atoms with E-state index in [1.807, 2.05) is 17.1 Å². The Morgan fingerprint density at radius 2 is 1.84 bits per heavy atom. The summed E-state index contributed by atoms with van der Waals surface area (Å²) in [6, 6.07) is 6.52. The van der Waals surface area contributed by atoms with Crippen molar-refractivity contribution in [1.82, 2.24) is 24.4 Å². The predicted octanol–water partition coefficient (Wildman–Crippen LogP) is 1.61. The molecular formula is C22H27N5O4S. The molecule has 2 aliphatic rings. The molecule has 9 nitrogen and oxygen atoms in total. The minimum atomic E-state index is -3.80. The van der Waals surface area contributed by atoms with Crippen LogP contribution in [0.5, 0.6) is 0 Å². The zero-order valence-electron chi connectivity index (χ0n) is 17.9. The number of hydrogen-bond acceptors (Lipinski definition) is 7. The zero-order chi connectivity index (χ0) is 22.6. The Bertz CT molecular complexity index is 1070. The van der Waals surface area contributed by atoms with Crippen molar-refractivity contribution in [2.24, 2.45) is 0 Å². The van der Waals surface area contributed by atoms with Crippen LogP contribution in [0.25, 0.3) is 0 Å². The standard InChI is InChI=1S/C22H27N5O4S/c1-31-20-5-3-2-4-19(14-20)25-18-10-12-26(13-11-18)22(28)17-6-8-21(9-7-17)32(29,30)27-16-23-15-24-27/h2-9,15-16,18-20,25H,10-14H2,1H3. The van der Waals surface area contributed by atoms with Crippen LogP contribution in [0, 0.1) is 0 Å². The number of carbonyl (C=O) groups excluding carboxylic acids is 1. The molecule has 0 spiro atoms. The van der Waals surface area contributed by atoms with Gasteiger partial charge in [-0.3, -0.25) is 4.79 Å². The summed E-state index contributed by atoms with van der Waals surface area (Å²) in [5.41, 5.74) is 0.467.